The Morgan fingerprint density at radius 2 is 0.864 bits per heavy atom. The SMILES string of the molecule is O=C(OS(=O)(=O)CS(=O)(=O)O)C(=O)OS(=O)(=O)CS(=O)(=O)O. The summed E-state index contributed by atoms with van der Waals surface area (Å²) in [6.07, 6.45) is 0. The van der Waals surface area contributed by atoms with Gasteiger partial charge < -0.3 is 8.37 Å². The fraction of sp³-hybridized carbons (Fsp3) is 0.500. The predicted octanol–water partition coefficient (Wildman–Crippen LogP) is -3.58. The van der Waals surface area contributed by atoms with Crippen molar-refractivity contribution < 1.29 is 60.7 Å². The van der Waals surface area contributed by atoms with Gasteiger partial charge in [0.05, 0.1) is 0 Å². The van der Waals surface area contributed by atoms with Crippen molar-refractivity contribution in [2.24, 2.45) is 0 Å². The van der Waals surface area contributed by atoms with Crippen LogP contribution in [-0.2, 0) is 58.4 Å². The summed E-state index contributed by atoms with van der Waals surface area (Å²) < 4.78 is 108. The second-order valence-electron chi connectivity index (χ2n) is 3.26. The van der Waals surface area contributed by atoms with E-state index in [0.717, 1.165) is 0 Å². The number of hydrogen-bond acceptors (Lipinski definition) is 12. The van der Waals surface area contributed by atoms with Crippen molar-refractivity contribution in [3.05, 3.63) is 0 Å². The highest BCUT2D eigenvalue weighted by Gasteiger charge is 2.33. The Morgan fingerprint density at radius 3 is 1.05 bits per heavy atom. The van der Waals surface area contributed by atoms with E-state index in [-0.39, 0.29) is 0 Å². The van der Waals surface area contributed by atoms with Gasteiger partial charge in [-0.1, -0.05) is 0 Å². The van der Waals surface area contributed by atoms with Crippen LogP contribution in [0.4, 0.5) is 0 Å². The van der Waals surface area contributed by atoms with Gasteiger partial charge in [0.1, 0.15) is 0 Å². The van der Waals surface area contributed by atoms with Crippen LogP contribution in [0.1, 0.15) is 0 Å². The van der Waals surface area contributed by atoms with E-state index in [1.807, 2.05) is 0 Å². The molecule has 0 aromatic heterocycles. The average Bonchev–Trinajstić information content (AvgIpc) is 2.06. The number of carbonyl (C=O) groups is 2. The second kappa shape index (κ2) is 6.42. The van der Waals surface area contributed by atoms with Gasteiger partial charge in [0.25, 0.3) is 20.2 Å². The molecule has 0 aliphatic heterocycles. The third-order valence-corrected chi connectivity index (χ3v) is 6.66. The smallest absolute Gasteiger partial charge is 0.335 e. The van der Waals surface area contributed by atoms with Gasteiger partial charge in [0.15, 0.2) is 0 Å². The first-order valence-electron chi connectivity index (χ1n) is 4.25. The van der Waals surface area contributed by atoms with Crippen LogP contribution >= 0.6 is 0 Å². The van der Waals surface area contributed by atoms with Gasteiger partial charge in [0.2, 0.25) is 10.2 Å². The molecule has 0 saturated carbocycles. The molecule has 130 valence electrons. The van der Waals surface area contributed by atoms with Crippen molar-refractivity contribution in [3.63, 3.8) is 0 Å². The largest absolute Gasteiger partial charge is 0.434 e. The van der Waals surface area contributed by atoms with Crippen LogP contribution < -0.4 is 0 Å². The number of hydrogen-bond donors (Lipinski definition) is 2. The maximum atomic E-state index is 10.9. The molecule has 0 bridgehead atoms. The Hall–Kier alpha value is -1.34. The van der Waals surface area contributed by atoms with E-state index >= 15 is 0 Å². The van der Waals surface area contributed by atoms with Gasteiger partial charge >= 0.3 is 32.2 Å². The maximum Gasteiger partial charge on any atom is 0.434 e. The summed E-state index contributed by atoms with van der Waals surface area (Å²) in [5, 5.41) is -4.26. The first kappa shape index (κ1) is 20.7. The highest BCUT2D eigenvalue weighted by molar-refractivity contribution is 8.04. The van der Waals surface area contributed by atoms with Crippen molar-refractivity contribution in [2.75, 3.05) is 10.2 Å². The van der Waals surface area contributed by atoms with Gasteiger partial charge in [-0.05, 0) is 0 Å². The molecular formula is C4H6O14S4. The molecule has 0 saturated heterocycles. The summed E-state index contributed by atoms with van der Waals surface area (Å²) in [5.74, 6) is -5.08. The van der Waals surface area contributed by atoms with E-state index in [9.17, 15) is 43.3 Å². The van der Waals surface area contributed by atoms with Crippen molar-refractivity contribution >= 4 is 52.4 Å². The average molecular weight is 406 g/mol. The Labute approximate surface area is 123 Å². The third-order valence-electron chi connectivity index (χ3n) is 1.16. The lowest BCUT2D eigenvalue weighted by atomic mass is 10.7. The van der Waals surface area contributed by atoms with Crippen molar-refractivity contribution in [3.8, 4) is 0 Å². The molecule has 18 heteroatoms. The fourth-order valence-electron chi connectivity index (χ4n) is 0.712. The zero-order chi connectivity index (χ0) is 18.0. The van der Waals surface area contributed by atoms with Crippen LogP contribution in [0.2, 0.25) is 0 Å². The monoisotopic (exact) mass is 406 g/mol. The van der Waals surface area contributed by atoms with Crippen LogP contribution in [-0.4, -0.2) is 64.9 Å². The quantitative estimate of drug-likeness (QED) is 0.247. The van der Waals surface area contributed by atoms with Crippen LogP contribution in [0, 0.1) is 0 Å². The van der Waals surface area contributed by atoms with E-state index in [1.54, 1.807) is 0 Å². The molecule has 0 amide bonds. The minimum Gasteiger partial charge on any atom is -0.335 e. The normalized spacial score (nSPS) is 13.4. The molecule has 0 aromatic carbocycles. The van der Waals surface area contributed by atoms with E-state index in [0.29, 0.717) is 0 Å². The molecule has 22 heavy (non-hydrogen) atoms. The fourth-order valence-corrected chi connectivity index (χ4v) is 4.61. The van der Waals surface area contributed by atoms with Crippen LogP contribution in [0.3, 0.4) is 0 Å². The standard InChI is InChI=1S/C4H6O14S4/c5-3(17-21(13,14)1-19(7,8)9)4(6)18-22(15,16)2-20(10,11)12/h1-2H2,(H,7,8,9)(H,10,11,12). The number of carbonyl (C=O) groups excluding carboxylic acids is 2. The van der Waals surface area contributed by atoms with Gasteiger partial charge in [0, 0.05) is 0 Å². The van der Waals surface area contributed by atoms with E-state index < -0.39 is 62.6 Å². The molecule has 0 aliphatic carbocycles. The van der Waals surface area contributed by atoms with Gasteiger partial charge in [-0.15, -0.1) is 0 Å². The molecular weight excluding hydrogens is 400 g/mol. The van der Waals surface area contributed by atoms with Gasteiger partial charge in [-0.25, -0.2) is 9.59 Å². The van der Waals surface area contributed by atoms with Crippen molar-refractivity contribution in [1.29, 1.82) is 0 Å². The summed E-state index contributed by atoms with van der Waals surface area (Å²) in [6, 6.07) is 0. The molecule has 0 rings (SSSR count). The molecule has 0 atom stereocenters. The van der Waals surface area contributed by atoms with Crippen LogP contribution in [0.25, 0.3) is 0 Å². The Morgan fingerprint density at radius 1 is 0.636 bits per heavy atom. The van der Waals surface area contributed by atoms with Crippen LogP contribution in [0.5, 0.6) is 0 Å². The summed E-state index contributed by atoms with van der Waals surface area (Å²) in [7, 11) is -21.0. The highest BCUT2D eigenvalue weighted by Crippen LogP contribution is 2.03. The van der Waals surface area contributed by atoms with E-state index in [4.69, 9.17) is 9.11 Å². The van der Waals surface area contributed by atoms with Crippen molar-refractivity contribution in [2.45, 2.75) is 0 Å². The molecule has 0 aromatic rings. The molecule has 0 radical (unpaired) electrons. The second-order valence-corrected chi connectivity index (χ2v) is 10.0. The molecule has 2 N–H and O–H groups in total. The molecule has 0 aliphatic rings. The summed E-state index contributed by atoms with van der Waals surface area (Å²) in [4.78, 5) is 21.7. The van der Waals surface area contributed by atoms with Gasteiger partial charge in [-0.2, -0.15) is 33.7 Å². The molecule has 0 heterocycles. The topological polar surface area (TPSA) is 230 Å². The molecule has 0 fully saturated rings. The first-order valence-corrected chi connectivity index (χ1v) is 10.6. The summed E-state index contributed by atoms with van der Waals surface area (Å²) >= 11 is 0. The minimum absolute atomic E-state index is 2.13. The zero-order valence-electron chi connectivity index (χ0n) is 9.84. The maximum absolute atomic E-state index is 10.9. The lowest BCUT2D eigenvalue weighted by molar-refractivity contribution is -0.155. The summed E-state index contributed by atoms with van der Waals surface area (Å²) in [6.45, 7) is 0. The highest BCUT2D eigenvalue weighted by atomic mass is 32.3. The van der Waals surface area contributed by atoms with Crippen molar-refractivity contribution in [1.82, 2.24) is 0 Å². The lowest BCUT2D eigenvalue weighted by Crippen LogP contribution is -2.30. The first-order chi connectivity index (χ1) is 9.43. The Balaban J connectivity index is 5.02. The molecule has 14 nitrogen and oxygen atoms in total. The predicted molar refractivity (Wildman–Crippen MR) is 62.9 cm³/mol. The van der Waals surface area contributed by atoms with E-state index in [1.165, 1.54) is 0 Å². The Kier molecular flexibility index (Phi) is 6.03. The minimum atomic E-state index is -5.33. The summed E-state index contributed by atoms with van der Waals surface area (Å²) in [5.41, 5.74) is 0. The van der Waals surface area contributed by atoms with Gasteiger partial charge in [-0.3, -0.25) is 9.11 Å². The zero-order valence-corrected chi connectivity index (χ0v) is 13.1. The van der Waals surface area contributed by atoms with Crippen LogP contribution in [0.15, 0.2) is 0 Å². The molecule has 0 unspecified atom stereocenters. The molecule has 0 spiro atoms. The Bertz CT molecular complexity index is 790. The van der Waals surface area contributed by atoms with E-state index in [2.05, 4.69) is 8.37 Å². The number of rotatable bonds is 6. The lowest BCUT2D eigenvalue weighted by Gasteiger charge is -2.04. The third kappa shape index (κ3) is 9.57.